The molecule has 2 N–H and O–H groups in total. The van der Waals surface area contributed by atoms with Crippen LogP contribution in [0.2, 0.25) is 5.02 Å². The molecule has 0 saturated carbocycles. The number of sulfonamides is 2. The molecule has 14 heteroatoms. The van der Waals surface area contributed by atoms with Gasteiger partial charge < -0.3 is 19.5 Å². The van der Waals surface area contributed by atoms with Crippen molar-refractivity contribution in [2.24, 2.45) is 0 Å². The van der Waals surface area contributed by atoms with Gasteiger partial charge in [0.25, 0.3) is 5.91 Å². The zero-order valence-corrected chi connectivity index (χ0v) is 22.0. The summed E-state index contributed by atoms with van der Waals surface area (Å²) in [5.74, 6) is -0.283. The number of nitrogens with zero attached hydrogens (tertiary/aromatic N) is 1. The molecular formula is C22H28ClN3O8S2. The van der Waals surface area contributed by atoms with Crippen LogP contribution in [0, 0.1) is 0 Å². The number of carbonyl (C=O) groups is 1. The second kappa shape index (κ2) is 12.8. The highest BCUT2D eigenvalue weighted by molar-refractivity contribution is 7.89. The van der Waals surface area contributed by atoms with Crippen molar-refractivity contribution >= 4 is 37.6 Å². The van der Waals surface area contributed by atoms with Crippen LogP contribution in [-0.2, 0) is 40.9 Å². The van der Waals surface area contributed by atoms with Crippen LogP contribution in [0.4, 0.5) is 0 Å². The molecular weight excluding hydrogens is 534 g/mol. The number of hydrogen-bond donors (Lipinski definition) is 2. The number of methoxy groups -OCH3 is 1. The Morgan fingerprint density at radius 3 is 2.36 bits per heavy atom. The van der Waals surface area contributed by atoms with E-state index in [2.05, 4.69) is 10.0 Å². The van der Waals surface area contributed by atoms with E-state index in [9.17, 15) is 21.6 Å². The van der Waals surface area contributed by atoms with Crippen LogP contribution in [0.25, 0.3) is 0 Å². The third kappa shape index (κ3) is 7.62. The minimum absolute atomic E-state index is 0.0366. The van der Waals surface area contributed by atoms with Crippen LogP contribution in [-0.4, -0.2) is 80.2 Å². The van der Waals surface area contributed by atoms with Crippen LogP contribution in [0.15, 0.2) is 52.3 Å². The zero-order chi connectivity index (χ0) is 26.2. The Hall–Kier alpha value is -2.26. The topological polar surface area (TPSA) is 140 Å². The lowest BCUT2D eigenvalue weighted by atomic mass is 10.2. The van der Waals surface area contributed by atoms with Crippen LogP contribution < -0.4 is 14.8 Å². The third-order valence-corrected chi connectivity index (χ3v) is 8.86. The van der Waals surface area contributed by atoms with E-state index in [-0.39, 0.29) is 46.9 Å². The van der Waals surface area contributed by atoms with Crippen molar-refractivity contribution in [1.82, 2.24) is 14.3 Å². The van der Waals surface area contributed by atoms with E-state index in [1.807, 2.05) is 0 Å². The molecule has 1 aliphatic heterocycles. The second-order valence-corrected chi connectivity index (χ2v) is 11.8. The van der Waals surface area contributed by atoms with Gasteiger partial charge in [-0.3, -0.25) is 4.79 Å². The van der Waals surface area contributed by atoms with Crippen molar-refractivity contribution in [2.75, 3.05) is 53.2 Å². The lowest BCUT2D eigenvalue weighted by Gasteiger charge is -2.26. The number of ether oxygens (including phenoxy) is 3. The van der Waals surface area contributed by atoms with Crippen molar-refractivity contribution in [3.05, 3.63) is 53.1 Å². The number of morpholine rings is 1. The smallest absolute Gasteiger partial charge is 0.258 e. The van der Waals surface area contributed by atoms with E-state index in [0.29, 0.717) is 31.9 Å². The van der Waals surface area contributed by atoms with Gasteiger partial charge in [-0.05, 0) is 35.9 Å². The van der Waals surface area contributed by atoms with Crippen LogP contribution in [0.5, 0.6) is 5.75 Å². The first kappa shape index (κ1) is 28.3. The molecule has 2 aromatic rings. The number of hydrogen-bond acceptors (Lipinski definition) is 8. The molecule has 2 aromatic carbocycles. The second-order valence-electron chi connectivity index (χ2n) is 7.71. The molecule has 11 nitrogen and oxygen atoms in total. The lowest BCUT2D eigenvalue weighted by Crippen LogP contribution is -2.40. The Bertz CT molecular complexity index is 1250. The summed E-state index contributed by atoms with van der Waals surface area (Å²) in [6.45, 7) is 1.52. The monoisotopic (exact) mass is 561 g/mol. The Morgan fingerprint density at radius 2 is 1.72 bits per heavy atom. The van der Waals surface area contributed by atoms with Gasteiger partial charge in [-0.15, -0.1) is 0 Å². The molecule has 0 spiro atoms. The van der Waals surface area contributed by atoms with Gasteiger partial charge in [0.15, 0.2) is 6.61 Å². The fourth-order valence-electron chi connectivity index (χ4n) is 3.24. The molecule has 1 heterocycles. The average molecular weight is 562 g/mol. The van der Waals surface area contributed by atoms with Crippen LogP contribution in [0.3, 0.4) is 0 Å². The molecule has 0 radical (unpaired) electrons. The van der Waals surface area contributed by atoms with Crippen LogP contribution >= 0.6 is 11.6 Å². The third-order valence-electron chi connectivity index (χ3n) is 5.19. The van der Waals surface area contributed by atoms with Gasteiger partial charge in [-0.25, -0.2) is 21.6 Å². The molecule has 36 heavy (non-hydrogen) atoms. The fourth-order valence-corrected chi connectivity index (χ4v) is 5.98. The normalized spacial score (nSPS) is 14.9. The Balaban J connectivity index is 1.50. The molecule has 0 aromatic heterocycles. The number of benzene rings is 2. The first-order chi connectivity index (χ1) is 17.1. The predicted molar refractivity (Wildman–Crippen MR) is 132 cm³/mol. The number of carbonyl (C=O) groups excluding carboxylic acids is 1. The lowest BCUT2D eigenvalue weighted by molar-refractivity contribution is -0.123. The number of nitrogens with one attached hydrogen (secondary N) is 2. The molecule has 1 saturated heterocycles. The van der Waals surface area contributed by atoms with E-state index in [0.717, 1.165) is 0 Å². The van der Waals surface area contributed by atoms with Gasteiger partial charge in [-0.2, -0.15) is 4.31 Å². The minimum atomic E-state index is -3.76. The van der Waals surface area contributed by atoms with Crippen molar-refractivity contribution in [1.29, 1.82) is 0 Å². The molecule has 3 rings (SSSR count). The molecule has 0 bridgehead atoms. The summed E-state index contributed by atoms with van der Waals surface area (Å²) in [4.78, 5) is 12.3. The van der Waals surface area contributed by atoms with Crippen molar-refractivity contribution in [3.8, 4) is 5.75 Å². The van der Waals surface area contributed by atoms with Gasteiger partial charge in [-0.1, -0.05) is 23.7 Å². The predicted octanol–water partition coefficient (Wildman–Crippen LogP) is 0.981. The van der Waals surface area contributed by atoms with Gasteiger partial charge >= 0.3 is 0 Å². The van der Waals surface area contributed by atoms with E-state index in [1.165, 1.54) is 41.7 Å². The number of amides is 1. The molecule has 198 valence electrons. The molecule has 0 aliphatic carbocycles. The Labute approximate surface area is 215 Å². The summed E-state index contributed by atoms with van der Waals surface area (Å²) in [6, 6.07) is 10.2. The summed E-state index contributed by atoms with van der Waals surface area (Å²) >= 11 is 6.13. The molecule has 1 amide bonds. The Kier molecular flexibility index (Phi) is 10.1. The highest BCUT2D eigenvalue weighted by Gasteiger charge is 2.26. The molecule has 1 fully saturated rings. The quantitative estimate of drug-likeness (QED) is 0.365. The zero-order valence-electron chi connectivity index (χ0n) is 19.6. The van der Waals surface area contributed by atoms with Gasteiger partial charge in [0.2, 0.25) is 20.0 Å². The van der Waals surface area contributed by atoms with E-state index < -0.39 is 26.0 Å². The highest BCUT2D eigenvalue weighted by Crippen LogP contribution is 2.27. The summed E-state index contributed by atoms with van der Waals surface area (Å²) < 4.78 is 69.0. The van der Waals surface area contributed by atoms with E-state index in [4.69, 9.17) is 25.8 Å². The maximum atomic E-state index is 12.7. The van der Waals surface area contributed by atoms with Crippen LogP contribution in [0.1, 0.15) is 5.56 Å². The maximum absolute atomic E-state index is 12.7. The first-order valence-electron chi connectivity index (χ1n) is 11.0. The first-order valence-corrected chi connectivity index (χ1v) is 14.3. The highest BCUT2D eigenvalue weighted by atomic mass is 35.5. The SMILES string of the molecule is COCCNS(=O)(=O)c1ccc(OCC(=O)NCc2ccc(S(=O)(=O)N3CCOCC3)cc2)c(Cl)c1. The summed E-state index contributed by atoms with van der Waals surface area (Å²) in [5.41, 5.74) is 0.706. The van der Waals surface area contributed by atoms with E-state index in [1.54, 1.807) is 12.1 Å². The standard InChI is InChI=1S/C22H28ClN3O8S2/c1-32-11-8-25-35(28,29)19-6-7-21(20(23)14-19)34-16-22(27)24-15-17-2-4-18(5-3-17)36(30,31)26-9-12-33-13-10-26/h2-7,14,25H,8-13,15-16H2,1H3,(H,24,27). The van der Waals surface area contributed by atoms with Gasteiger partial charge in [0.05, 0.1) is 34.6 Å². The van der Waals surface area contributed by atoms with E-state index >= 15 is 0 Å². The van der Waals surface area contributed by atoms with Gasteiger partial charge in [0.1, 0.15) is 5.75 Å². The van der Waals surface area contributed by atoms with Crippen molar-refractivity contribution in [2.45, 2.75) is 16.3 Å². The largest absolute Gasteiger partial charge is 0.482 e. The van der Waals surface area contributed by atoms with Crippen molar-refractivity contribution in [3.63, 3.8) is 0 Å². The summed E-state index contributed by atoms with van der Waals surface area (Å²) in [5, 5.41) is 2.71. The fraction of sp³-hybridized carbons (Fsp3) is 0.409. The maximum Gasteiger partial charge on any atom is 0.258 e. The number of rotatable bonds is 12. The molecule has 0 atom stereocenters. The Morgan fingerprint density at radius 1 is 1.06 bits per heavy atom. The average Bonchev–Trinajstić information content (AvgIpc) is 2.87. The van der Waals surface area contributed by atoms with Gasteiger partial charge in [0, 0.05) is 33.3 Å². The number of halogens is 1. The molecule has 0 unspecified atom stereocenters. The summed E-state index contributed by atoms with van der Waals surface area (Å²) in [6.07, 6.45) is 0. The van der Waals surface area contributed by atoms with Crippen molar-refractivity contribution < 1.29 is 35.8 Å². The summed E-state index contributed by atoms with van der Waals surface area (Å²) in [7, 11) is -5.88. The molecule has 1 aliphatic rings. The minimum Gasteiger partial charge on any atom is -0.482 e.